The monoisotopic (exact) mass is 264 g/mol. The predicted octanol–water partition coefficient (Wildman–Crippen LogP) is 2.54. The summed E-state index contributed by atoms with van der Waals surface area (Å²) in [5.74, 6) is -0.338. The highest BCUT2D eigenvalue weighted by molar-refractivity contribution is 5.88. The van der Waals surface area contributed by atoms with Gasteiger partial charge in [0.15, 0.2) is 5.82 Å². The van der Waals surface area contributed by atoms with Crippen molar-refractivity contribution in [2.24, 2.45) is 0 Å². The molecule has 0 unspecified atom stereocenters. The first kappa shape index (κ1) is 13.9. The Labute approximate surface area is 113 Å². The van der Waals surface area contributed by atoms with Crippen LogP contribution >= 0.6 is 0 Å². The van der Waals surface area contributed by atoms with E-state index in [2.05, 4.69) is 9.97 Å². The normalized spacial score (nSPS) is 18.2. The van der Waals surface area contributed by atoms with Gasteiger partial charge in [0, 0.05) is 13.3 Å². The van der Waals surface area contributed by atoms with Crippen molar-refractivity contribution in [3.8, 4) is 0 Å². The van der Waals surface area contributed by atoms with Crippen LogP contribution in [0, 0.1) is 0 Å². The molecule has 1 aliphatic rings. The van der Waals surface area contributed by atoms with Gasteiger partial charge in [0.1, 0.15) is 5.60 Å². The number of nitrogens with zero attached hydrogens (tertiary/aromatic N) is 2. The number of rotatable bonds is 4. The number of carboxylic acid groups (broad SMARTS) is 1. The van der Waals surface area contributed by atoms with E-state index in [1.807, 2.05) is 6.92 Å². The van der Waals surface area contributed by atoms with Gasteiger partial charge in [-0.25, -0.2) is 14.8 Å². The van der Waals surface area contributed by atoms with E-state index in [0.29, 0.717) is 17.9 Å². The Kier molecular flexibility index (Phi) is 4.14. The molecule has 2 rings (SSSR count). The van der Waals surface area contributed by atoms with Crippen molar-refractivity contribution >= 4 is 5.97 Å². The largest absolute Gasteiger partial charge is 0.478 e. The highest BCUT2D eigenvalue weighted by Crippen LogP contribution is 2.38. The van der Waals surface area contributed by atoms with Gasteiger partial charge >= 0.3 is 5.97 Å². The molecule has 0 spiro atoms. The van der Waals surface area contributed by atoms with Crippen molar-refractivity contribution in [3.05, 3.63) is 23.3 Å². The van der Waals surface area contributed by atoms with Crippen LogP contribution in [0.15, 0.2) is 6.20 Å². The van der Waals surface area contributed by atoms with Crippen LogP contribution < -0.4 is 0 Å². The molecule has 19 heavy (non-hydrogen) atoms. The molecular formula is C14H20N2O3. The van der Waals surface area contributed by atoms with Crippen molar-refractivity contribution in [3.63, 3.8) is 0 Å². The van der Waals surface area contributed by atoms with Crippen LogP contribution in [0.4, 0.5) is 0 Å². The summed E-state index contributed by atoms with van der Waals surface area (Å²) in [7, 11) is 1.69. The second-order valence-electron chi connectivity index (χ2n) is 4.97. The number of ether oxygens (including phenoxy) is 1. The Bertz CT molecular complexity index is 468. The molecule has 104 valence electrons. The van der Waals surface area contributed by atoms with Gasteiger partial charge in [-0.3, -0.25) is 0 Å². The van der Waals surface area contributed by atoms with Gasteiger partial charge in [0.25, 0.3) is 0 Å². The Balaban J connectivity index is 2.41. The lowest BCUT2D eigenvalue weighted by molar-refractivity contribution is -0.0516. The van der Waals surface area contributed by atoms with Crippen LogP contribution in [0.3, 0.4) is 0 Å². The Morgan fingerprint density at radius 2 is 2.11 bits per heavy atom. The molecule has 1 aromatic rings. The zero-order valence-corrected chi connectivity index (χ0v) is 11.5. The van der Waals surface area contributed by atoms with E-state index < -0.39 is 11.6 Å². The van der Waals surface area contributed by atoms with Crippen molar-refractivity contribution in [1.82, 2.24) is 9.97 Å². The van der Waals surface area contributed by atoms with E-state index >= 15 is 0 Å². The average Bonchev–Trinajstić information content (AvgIpc) is 2.47. The highest BCUT2D eigenvalue weighted by Gasteiger charge is 2.37. The fourth-order valence-corrected chi connectivity index (χ4v) is 2.73. The topological polar surface area (TPSA) is 72.3 Å². The molecule has 1 aliphatic carbocycles. The first-order chi connectivity index (χ1) is 9.13. The summed E-state index contributed by atoms with van der Waals surface area (Å²) in [5, 5.41) is 9.11. The van der Waals surface area contributed by atoms with Gasteiger partial charge in [-0.05, 0) is 19.3 Å². The molecule has 0 saturated heterocycles. The third kappa shape index (κ3) is 2.61. The molecule has 0 radical (unpaired) electrons. The van der Waals surface area contributed by atoms with Crippen molar-refractivity contribution in [2.45, 2.75) is 51.0 Å². The molecular weight excluding hydrogens is 244 g/mol. The van der Waals surface area contributed by atoms with Crippen LogP contribution in [-0.4, -0.2) is 28.2 Å². The number of aryl methyl sites for hydroxylation is 1. The molecule has 5 heteroatoms. The second kappa shape index (κ2) is 5.65. The summed E-state index contributed by atoms with van der Waals surface area (Å²) in [6.07, 6.45) is 7.20. The summed E-state index contributed by atoms with van der Waals surface area (Å²) in [5.41, 5.74) is 0.340. The summed E-state index contributed by atoms with van der Waals surface area (Å²) in [6, 6.07) is 0. The molecule has 0 bridgehead atoms. The SMILES string of the molecule is CCc1nc(C2(OC)CCCCC2)ncc1C(=O)O. The number of carbonyl (C=O) groups is 1. The number of hydrogen-bond acceptors (Lipinski definition) is 4. The standard InChI is InChI=1S/C14H20N2O3/c1-3-11-10(12(17)18)9-15-13(16-11)14(19-2)7-5-4-6-8-14/h9H,3-8H2,1-2H3,(H,17,18). The van der Waals surface area contributed by atoms with E-state index in [9.17, 15) is 4.79 Å². The van der Waals surface area contributed by atoms with Gasteiger partial charge < -0.3 is 9.84 Å². The van der Waals surface area contributed by atoms with Gasteiger partial charge in [0.2, 0.25) is 0 Å². The lowest BCUT2D eigenvalue weighted by Gasteiger charge is -2.34. The van der Waals surface area contributed by atoms with Crippen LogP contribution in [0.1, 0.15) is 60.9 Å². The second-order valence-corrected chi connectivity index (χ2v) is 4.97. The summed E-state index contributed by atoms with van der Waals surface area (Å²) in [6.45, 7) is 1.90. The molecule has 5 nitrogen and oxygen atoms in total. The zero-order valence-electron chi connectivity index (χ0n) is 11.5. The maximum Gasteiger partial charge on any atom is 0.339 e. The van der Waals surface area contributed by atoms with Crippen molar-refractivity contribution < 1.29 is 14.6 Å². The Hall–Kier alpha value is -1.49. The first-order valence-electron chi connectivity index (χ1n) is 6.78. The van der Waals surface area contributed by atoms with E-state index in [0.717, 1.165) is 25.7 Å². The molecule has 1 N–H and O–H groups in total. The van der Waals surface area contributed by atoms with Crippen molar-refractivity contribution in [2.75, 3.05) is 7.11 Å². The third-order valence-corrected chi connectivity index (χ3v) is 3.89. The van der Waals surface area contributed by atoms with E-state index in [1.54, 1.807) is 7.11 Å². The molecule has 1 heterocycles. The molecule has 0 atom stereocenters. The number of aromatic nitrogens is 2. The molecule has 1 aromatic heterocycles. The number of methoxy groups -OCH3 is 1. The average molecular weight is 264 g/mol. The van der Waals surface area contributed by atoms with Crippen LogP contribution in [-0.2, 0) is 16.8 Å². The fourth-order valence-electron chi connectivity index (χ4n) is 2.73. The maximum absolute atomic E-state index is 11.1. The van der Waals surface area contributed by atoms with E-state index in [-0.39, 0.29) is 5.56 Å². The highest BCUT2D eigenvalue weighted by atomic mass is 16.5. The summed E-state index contributed by atoms with van der Waals surface area (Å²) in [4.78, 5) is 19.8. The molecule has 1 fully saturated rings. The van der Waals surface area contributed by atoms with Gasteiger partial charge in [0.05, 0.1) is 11.3 Å². The number of carboxylic acids is 1. The predicted molar refractivity (Wildman–Crippen MR) is 70.1 cm³/mol. The lowest BCUT2D eigenvalue weighted by Crippen LogP contribution is -2.34. The van der Waals surface area contributed by atoms with Crippen LogP contribution in [0.5, 0.6) is 0 Å². The minimum absolute atomic E-state index is 0.188. The molecule has 0 aliphatic heterocycles. The van der Waals surface area contributed by atoms with Gasteiger partial charge in [-0.1, -0.05) is 26.2 Å². The summed E-state index contributed by atoms with van der Waals surface area (Å²) >= 11 is 0. The van der Waals surface area contributed by atoms with Crippen LogP contribution in [0.2, 0.25) is 0 Å². The zero-order chi connectivity index (χ0) is 13.9. The molecule has 0 aromatic carbocycles. The molecule has 0 amide bonds. The summed E-state index contributed by atoms with van der Waals surface area (Å²) < 4.78 is 5.69. The van der Waals surface area contributed by atoms with Crippen molar-refractivity contribution in [1.29, 1.82) is 0 Å². The van der Waals surface area contributed by atoms with Gasteiger partial charge in [-0.2, -0.15) is 0 Å². The first-order valence-corrected chi connectivity index (χ1v) is 6.78. The smallest absolute Gasteiger partial charge is 0.339 e. The van der Waals surface area contributed by atoms with Gasteiger partial charge in [-0.15, -0.1) is 0 Å². The molecule has 1 saturated carbocycles. The van der Waals surface area contributed by atoms with Crippen LogP contribution in [0.25, 0.3) is 0 Å². The maximum atomic E-state index is 11.1. The van der Waals surface area contributed by atoms with E-state index in [4.69, 9.17) is 9.84 Å². The Morgan fingerprint density at radius 1 is 1.42 bits per heavy atom. The third-order valence-electron chi connectivity index (χ3n) is 3.89. The number of aromatic carboxylic acids is 1. The minimum atomic E-state index is -0.974. The lowest BCUT2D eigenvalue weighted by atomic mass is 9.83. The number of hydrogen-bond donors (Lipinski definition) is 1. The Morgan fingerprint density at radius 3 is 2.63 bits per heavy atom. The minimum Gasteiger partial charge on any atom is -0.478 e. The van der Waals surface area contributed by atoms with E-state index in [1.165, 1.54) is 12.6 Å². The quantitative estimate of drug-likeness (QED) is 0.904. The fraction of sp³-hybridized carbons (Fsp3) is 0.643.